The second-order valence-corrected chi connectivity index (χ2v) is 4.52. The molecule has 2 N–H and O–H groups in total. The quantitative estimate of drug-likeness (QED) is 0.749. The zero-order chi connectivity index (χ0) is 9.97. The third-order valence-electron chi connectivity index (χ3n) is 2.28. The maximum absolute atomic E-state index is 11.9. The minimum Gasteiger partial charge on any atom is -0.356 e. The van der Waals surface area contributed by atoms with Gasteiger partial charge in [0.1, 0.15) is 5.69 Å². The van der Waals surface area contributed by atoms with Crippen LogP contribution < -0.4 is 5.32 Å². The number of carbonyl (C=O) groups excluding carboxylic acids is 1. The van der Waals surface area contributed by atoms with Gasteiger partial charge in [-0.2, -0.15) is 0 Å². The number of hydrogen-bond donors (Lipinski definition) is 2. The van der Waals surface area contributed by atoms with Gasteiger partial charge in [0.05, 0.1) is 0 Å². The van der Waals surface area contributed by atoms with Gasteiger partial charge in [-0.25, -0.2) is 0 Å². The van der Waals surface area contributed by atoms with Gasteiger partial charge in [0.2, 0.25) is 0 Å². The molecule has 1 saturated heterocycles. The average molecular weight is 305 g/mol. The summed E-state index contributed by atoms with van der Waals surface area (Å²) in [5.41, 5.74) is 0.691. The van der Waals surface area contributed by atoms with Gasteiger partial charge < -0.3 is 15.2 Å². The van der Waals surface area contributed by atoms with Crippen LogP contribution in [0.15, 0.2) is 12.3 Å². The second-order valence-electron chi connectivity index (χ2n) is 3.27. The summed E-state index contributed by atoms with van der Waals surface area (Å²) >= 11 is 2.19. The molecule has 14 heavy (non-hydrogen) atoms. The van der Waals surface area contributed by atoms with E-state index in [9.17, 15) is 4.79 Å². The first kappa shape index (κ1) is 9.97. The fourth-order valence-electron chi connectivity index (χ4n) is 1.53. The first-order valence-corrected chi connectivity index (χ1v) is 5.69. The number of piperazine rings is 1. The average Bonchev–Trinajstić information content (AvgIpc) is 2.65. The number of carbonyl (C=O) groups is 1. The van der Waals surface area contributed by atoms with E-state index >= 15 is 0 Å². The normalized spacial score (nSPS) is 17.1. The molecule has 0 bridgehead atoms. The van der Waals surface area contributed by atoms with Crippen molar-refractivity contribution in [3.05, 3.63) is 21.5 Å². The standard InChI is InChI=1S/C9H12IN3O/c10-7-5-8(12-6-7)9(14)13-3-1-11-2-4-13/h5-6,11-12H,1-4H2. The molecule has 1 aliphatic heterocycles. The first-order chi connectivity index (χ1) is 6.77. The van der Waals surface area contributed by atoms with Gasteiger partial charge in [-0.1, -0.05) is 0 Å². The summed E-state index contributed by atoms with van der Waals surface area (Å²) in [4.78, 5) is 16.7. The number of nitrogens with one attached hydrogen (secondary N) is 2. The van der Waals surface area contributed by atoms with Crippen molar-refractivity contribution in [2.75, 3.05) is 26.2 Å². The molecule has 2 rings (SSSR count). The maximum Gasteiger partial charge on any atom is 0.270 e. The lowest BCUT2D eigenvalue weighted by Gasteiger charge is -2.26. The van der Waals surface area contributed by atoms with Gasteiger partial charge in [0.15, 0.2) is 0 Å². The molecule has 4 nitrogen and oxygen atoms in total. The molecule has 2 heterocycles. The molecule has 0 atom stereocenters. The summed E-state index contributed by atoms with van der Waals surface area (Å²) in [6.45, 7) is 3.38. The van der Waals surface area contributed by atoms with E-state index in [2.05, 4.69) is 32.9 Å². The first-order valence-electron chi connectivity index (χ1n) is 4.61. The zero-order valence-corrected chi connectivity index (χ0v) is 9.87. The zero-order valence-electron chi connectivity index (χ0n) is 7.72. The fraction of sp³-hybridized carbons (Fsp3) is 0.444. The van der Waals surface area contributed by atoms with Gasteiger partial charge in [-0.3, -0.25) is 4.79 Å². The minimum absolute atomic E-state index is 0.106. The van der Waals surface area contributed by atoms with Gasteiger partial charge >= 0.3 is 0 Å². The highest BCUT2D eigenvalue weighted by Gasteiger charge is 2.18. The van der Waals surface area contributed by atoms with Gasteiger partial charge in [-0.05, 0) is 28.7 Å². The monoisotopic (exact) mass is 305 g/mol. The fourth-order valence-corrected chi connectivity index (χ4v) is 2.00. The number of hydrogen-bond acceptors (Lipinski definition) is 2. The predicted molar refractivity (Wildman–Crippen MR) is 62.3 cm³/mol. The topological polar surface area (TPSA) is 48.1 Å². The highest BCUT2D eigenvalue weighted by Crippen LogP contribution is 2.09. The molecule has 5 heteroatoms. The molecular formula is C9H12IN3O. The molecular weight excluding hydrogens is 293 g/mol. The Morgan fingerprint density at radius 3 is 2.71 bits per heavy atom. The van der Waals surface area contributed by atoms with Gasteiger partial charge in [0.25, 0.3) is 5.91 Å². The molecule has 0 aliphatic carbocycles. The summed E-state index contributed by atoms with van der Waals surface area (Å²) < 4.78 is 1.07. The molecule has 0 aromatic carbocycles. The number of rotatable bonds is 1. The Morgan fingerprint density at radius 2 is 2.14 bits per heavy atom. The number of halogens is 1. The Kier molecular flexibility index (Phi) is 3.07. The van der Waals surface area contributed by atoms with Crippen molar-refractivity contribution >= 4 is 28.5 Å². The van der Waals surface area contributed by atoms with Crippen LogP contribution in [-0.2, 0) is 0 Å². The minimum atomic E-state index is 0.106. The molecule has 0 spiro atoms. The van der Waals surface area contributed by atoms with Crippen molar-refractivity contribution in [3.63, 3.8) is 0 Å². The van der Waals surface area contributed by atoms with Crippen LogP contribution in [0.3, 0.4) is 0 Å². The summed E-state index contributed by atoms with van der Waals surface area (Å²) in [6.07, 6.45) is 1.84. The second kappa shape index (κ2) is 4.31. The summed E-state index contributed by atoms with van der Waals surface area (Å²) in [7, 11) is 0. The van der Waals surface area contributed by atoms with E-state index in [0.29, 0.717) is 5.69 Å². The van der Waals surface area contributed by atoms with Crippen molar-refractivity contribution in [1.29, 1.82) is 0 Å². The van der Waals surface area contributed by atoms with E-state index in [4.69, 9.17) is 0 Å². The molecule has 1 amide bonds. The third-order valence-corrected chi connectivity index (χ3v) is 2.91. The van der Waals surface area contributed by atoms with E-state index in [1.165, 1.54) is 0 Å². The Labute approximate surface area is 96.2 Å². The van der Waals surface area contributed by atoms with Crippen LogP contribution in [0.1, 0.15) is 10.5 Å². The molecule has 0 saturated carbocycles. The van der Waals surface area contributed by atoms with Crippen molar-refractivity contribution in [2.45, 2.75) is 0 Å². The summed E-state index contributed by atoms with van der Waals surface area (Å²) in [5.74, 6) is 0.106. The van der Waals surface area contributed by atoms with E-state index in [0.717, 1.165) is 29.7 Å². The number of nitrogens with zero attached hydrogens (tertiary/aromatic N) is 1. The molecule has 1 aromatic rings. The van der Waals surface area contributed by atoms with Gasteiger partial charge in [-0.15, -0.1) is 0 Å². The highest BCUT2D eigenvalue weighted by molar-refractivity contribution is 14.1. The lowest BCUT2D eigenvalue weighted by Crippen LogP contribution is -2.46. The van der Waals surface area contributed by atoms with Gasteiger partial charge in [0, 0.05) is 35.9 Å². The van der Waals surface area contributed by atoms with E-state index in [-0.39, 0.29) is 5.91 Å². The molecule has 76 valence electrons. The highest BCUT2D eigenvalue weighted by atomic mass is 127. The largest absolute Gasteiger partial charge is 0.356 e. The SMILES string of the molecule is O=C(c1cc(I)c[nH]1)N1CCNCC1. The number of amides is 1. The molecule has 1 aliphatic rings. The predicted octanol–water partition coefficient (Wildman–Crippen LogP) is 0.665. The van der Waals surface area contributed by atoms with Crippen molar-refractivity contribution < 1.29 is 4.79 Å². The van der Waals surface area contributed by atoms with E-state index in [1.54, 1.807) is 0 Å². The van der Waals surface area contributed by atoms with Crippen LogP contribution >= 0.6 is 22.6 Å². The number of H-pyrrole nitrogens is 1. The molecule has 1 fully saturated rings. The number of aromatic amines is 1. The van der Waals surface area contributed by atoms with E-state index in [1.807, 2.05) is 17.2 Å². The van der Waals surface area contributed by atoms with Crippen LogP contribution in [0, 0.1) is 3.57 Å². The van der Waals surface area contributed by atoms with Crippen molar-refractivity contribution in [3.8, 4) is 0 Å². The van der Waals surface area contributed by atoms with Crippen LogP contribution in [0.2, 0.25) is 0 Å². The maximum atomic E-state index is 11.9. The molecule has 0 radical (unpaired) electrons. The Morgan fingerprint density at radius 1 is 1.43 bits per heavy atom. The van der Waals surface area contributed by atoms with E-state index < -0.39 is 0 Å². The number of aromatic nitrogens is 1. The summed E-state index contributed by atoms with van der Waals surface area (Å²) in [6, 6.07) is 1.88. The Balaban J connectivity index is 2.07. The lowest BCUT2D eigenvalue weighted by molar-refractivity contribution is 0.0730. The van der Waals surface area contributed by atoms with Crippen LogP contribution in [0.25, 0.3) is 0 Å². The molecule has 0 unspecified atom stereocenters. The summed E-state index contributed by atoms with van der Waals surface area (Å²) in [5, 5.41) is 3.22. The Hall–Kier alpha value is -0.560. The van der Waals surface area contributed by atoms with Crippen molar-refractivity contribution in [2.24, 2.45) is 0 Å². The van der Waals surface area contributed by atoms with Crippen LogP contribution in [0.5, 0.6) is 0 Å². The smallest absolute Gasteiger partial charge is 0.270 e. The third kappa shape index (κ3) is 2.09. The lowest BCUT2D eigenvalue weighted by atomic mass is 10.3. The van der Waals surface area contributed by atoms with Crippen LogP contribution in [0.4, 0.5) is 0 Å². The van der Waals surface area contributed by atoms with Crippen LogP contribution in [-0.4, -0.2) is 42.0 Å². The molecule has 1 aromatic heterocycles. The van der Waals surface area contributed by atoms with Crippen molar-refractivity contribution in [1.82, 2.24) is 15.2 Å². The Bertz CT molecular complexity index is 331.